The second-order valence-electron chi connectivity index (χ2n) is 7.83. The highest BCUT2D eigenvalue weighted by Gasteiger charge is 2.41. The van der Waals surface area contributed by atoms with Gasteiger partial charge < -0.3 is 4.74 Å². The molecule has 0 amide bonds. The van der Waals surface area contributed by atoms with Crippen LogP contribution in [-0.2, 0) is 4.74 Å². The SMILES string of the molecule is C=C1C[C@H](OC(=O)c2ccc(Cl)cc2)C(C)(C)CC2=C(C)CC[C@H]12. The fraction of sp³-hybridized carbons (Fsp3) is 0.476. The summed E-state index contributed by atoms with van der Waals surface area (Å²) < 4.78 is 5.92. The van der Waals surface area contributed by atoms with E-state index in [0.717, 1.165) is 19.3 Å². The fourth-order valence-corrected chi connectivity index (χ4v) is 4.09. The van der Waals surface area contributed by atoms with E-state index in [0.29, 0.717) is 16.5 Å². The minimum Gasteiger partial charge on any atom is -0.458 e. The number of allylic oxidation sites excluding steroid dienone is 2. The predicted molar refractivity (Wildman–Crippen MR) is 98.2 cm³/mol. The zero-order valence-electron chi connectivity index (χ0n) is 14.7. The zero-order valence-corrected chi connectivity index (χ0v) is 15.5. The molecule has 1 aromatic carbocycles. The fourth-order valence-electron chi connectivity index (χ4n) is 3.96. The van der Waals surface area contributed by atoms with Crippen molar-refractivity contribution in [1.29, 1.82) is 0 Å². The van der Waals surface area contributed by atoms with E-state index in [1.807, 2.05) is 0 Å². The Labute approximate surface area is 149 Å². The van der Waals surface area contributed by atoms with Gasteiger partial charge in [-0.25, -0.2) is 4.79 Å². The molecule has 2 nitrogen and oxygen atoms in total. The lowest BCUT2D eigenvalue weighted by atomic mass is 9.80. The first-order chi connectivity index (χ1) is 11.3. The second kappa shape index (κ2) is 6.40. The minimum absolute atomic E-state index is 0.0965. The van der Waals surface area contributed by atoms with Gasteiger partial charge in [0.2, 0.25) is 0 Å². The van der Waals surface area contributed by atoms with Crippen molar-refractivity contribution in [3.63, 3.8) is 0 Å². The molecule has 1 saturated carbocycles. The topological polar surface area (TPSA) is 26.3 Å². The van der Waals surface area contributed by atoms with Crippen LogP contribution in [0, 0.1) is 11.3 Å². The lowest BCUT2D eigenvalue weighted by Crippen LogP contribution is -2.33. The van der Waals surface area contributed by atoms with Crippen LogP contribution in [0.5, 0.6) is 0 Å². The van der Waals surface area contributed by atoms with Crippen molar-refractivity contribution in [2.75, 3.05) is 0 Å². The number of rotatable bonds is 2. The van der Waals surface area contributed by atoms with Crippen LogP contribution < -0.4 is 0 Å². The summed E-state index contributed by atoms with van der Waals surface area (Å²) in [4.78, 5) is 12.5. The van der Waals surface area contributed by atoms with Crippen LogP contribution >= 0.6 is 11.6 Å². The maximum absolute atomic E-state index is 12.5. The van der Waals surface area contributed by atoms with Gasteiger partial charge in [0.15, 0.2) is 0 Å². The van der Waals surface area contributed by atoms with Gasteiger partial charge in [0.05, 0.1) is 5.56 Å². The van der Waals surface area contributed by atoms with Crippen molar-refractivity contribution < 1.29 is 9.53 Å². The average Bonchev–Trinajstić information content (AvgIpc) is 2.83. The summed E-state index contributed by atoms with van der Waals surface area (Å²) in [6, 6.07) is 6.86. The van der Waals surface area contributed by atoms with Crippen LogP contribution in [0.25, 0.3) is 0 Å². The molecule has 0 radical (unpaired) electrons. The van der Waals surface area contributed by atoms with Crippen molar-refractivity contribution in [2.24, 2.45) is 11.3 Å². The summed E-state index contributed by atoms with van der Waals surface area (Å²) in [5.74, 6) is 0.193. The van der Waals surface area contributed by atoms with Gasteiger partial charge in [-0.2, -0.15) is 0 Å². The Balaban J connectivity index is 1.82. The first-order valence-corrected chi connectivity index (χ1v) is 8.98. The molecule has 2 aliphatic rings. The maximum atomic E-state index is 12.5. The third kappa shape index (κ3) is 3.30. The molecule has 0 bridgehead atoms. The Bertz CT molecular complexity index is 697. The lowest BCUT2D eigenvalue weighted by Gasteiger charge is -2.32. The molecule has 2 atom stereocenters. The third-order valence-electron chi connectivity index (χ3n) is 5.56. The van der Waals surface area contributed by atoms with Gasteiger partial charge in [-0.1, -0.05) is 48.7 Å². The van der Waals surface area contributed by atoms with E-state index in [1.54, 1.807) is 24.3 Å². The van der Waals surface area contributed by atoms with Gasteiger partial charge in [-0.05, 0) is 50.5 Å². The molecule has 128 valence electrons. The number of halogens is 1. The van der Waals surface area contributed by atoms with Crippen molar-refractivity contribution in [2.45, 2.75) is 52.6 Å². The molecule has 0 N–H and O–H groups in total. The molecule has 0 spiro atoms. The van der Waals surface area contributed by atoms with Gasteiger partial charge in [-0.15, -0.1) is 0 Å². The van der Waals surface area contributed by atoms with Gasteiger partial charge in [0, 0.05) is 22.8 Å². The molecule has 1 fully saturated rings. The average molecular weight is 345 g/mol. The Kier molecular flexibility index (Phi) is 4.61. The number of carbonyl (C=O) groups is 1. The highest BCUT2D eigenvalue weighted by atomic mass is 35.5. The molecule has 0 aliphatic heterocycles. The Morgan fingerprint density at radius 3 is 2.62 bits per heavy atom. The van der Waals surface area contributed by atoms with Crippen LogP contribution in [0.1, 0.15) is 56.8 Å². The van der Waals surface area contributed by atoms with E-state index in [9.17, 15) is 4.79 Å². The number of ether oxygens (including phenoxy) is 1. The van der Waals surface area contributed by atoms with Crippen LogP contribution in [0.4, 0.5) is 0 Å². The van der Waals surface area contributed by atoms with Crippen molar-refractivity contribution in [3.8, 4) is 0 Å². The molecule has 0 aromatic heterocycles. The number of esters is 1. The number of benzene rings is 1. The highest BCUT2D eigenvalue weighted by Crippen LogP contribution is 2.49. The van der Waals surface area contributed by atoms with Crippen LogP contribution in [0.2, 0.25) is 5.02 Å². The Morgan fingerprint density at radius 1 is 1.29 bits per heavy atom. The van der Waals surface area contributed by atoms with Crippen molar-refractivity contribution in [1.82, 2.24) is 0 Å². The van der Waals surface area contributed by atoms with Gasteiger partial charge >= 0.3 is 5.97 Å². The summed E-state index contributed by atoms with van der Waals surface area (Å²) in [6.07, 6.45) is 3.90. The molecule has 3 rings (SSSR count). The molecular formula is C21H25ClO2. The smallest absolute Gasteiger partial charge is 0.338 e. The standard InChI is InChI=1S/C21H25ClO2/c1-13-5-10-17-14(2)11-19(21(3,4)12-18(13)17)24-20(23)15-6-8-16(22)9-7-15/h6-9,17,19H,2,5,10-12H2,1,3-4H3/t17-,19+/m1/s1. The van der Waals surface area contributed by atoms with Gasteiger partial charge in [0.25, 0.3) is 0 Å². The first kappa shape index (κ1) is 17.3. The number of fused-ring (bicyclic) bond motifs is 1. The third-order valence-corrected chi connectivity index (χ3v) is 5.82. The summed E-state index contributed by atoms with van der Waals surface area (Å²) in [5, 5.41) is 0.616. The normalized spacial score (nSPS) is 26.1. The van der Waals surface area contributed by atoms with Gasteiger partial charge in [0.1, 0.15) is 6.10 Å². The first-order valence-electron chi connectivity index (χ1n) is 8.60. The summed E-state index contributed by atoms with van der Waals surface area (Å²) in [5.41, 5.74) is 4.68. The Hall–Kier alpha value is -1.54. The molecule has 24 heavy (non-hydrogen) atoms. The monoisotopic (exact) mass is 344 g/mol. The number of hydrogen-bond donors (Lipinski definition) is 0. The molecule has 1 aromatic rings. The summed E-state index contributed by atoms with van der Waals surface area (Å²) >= 11 is 5.89. The van der Waals surface area contributed by atoms with Crippen LogP contribution in [0.15, 0.2) is 47.6 Å². The Morgan fingerprint density at radius 2 is 1.96 bits per heavy atom. The predicted octanol–water partition coefficient (Wildman–Crippen LogP) is 5.97. The van der Waals surface area contributed by atoms with Gasteiger partial charge in [-0.3, -0.25) is 0 Å². The van der Waals surface area contributed by atoms with E-state index in [-0.39, 0.29) is 17.5 Å². The largest absolute Gasteiger partial charge is 0.458 e. The molecule has 3 heteroatoms. The van der Waals surface area contributed by atoms with E-state index in [2.05, 4.69) is 27.4 Å². The number of carbonyl (C=O) groups excluding carboxylic acids is 1. The molecule has 0 unspecified atom stereocenters. The highest BCUT2D eigenvalue weighted by molar-refractivity contribution is 6.30. The van der Waals surface area contributed by atoms with Crippen molar-refractivity contribution in [3.05, 3.63) is 58.1 Å². The minimum atomic E-state index is -0.282. The van der Waals surface area contributed by atoms with Crippen LogP contribution in [-0.4, -0.2) is 12.1 Å². The van der Waals surface area contributed by atoms with Crippen molar-refractivity contribution >= 4 is 17.6 Å². The number of hydrogen-bond acceptors (Lipinski definition) is 2. The van der Waals surface area contributed by atoms with E-state index in [4.69, 9.17) is 16.3 Å². The molecule has 0 saturated heterocycles. The zero-order chi connectivity index (χ0) is 17.5. The molecule has 0 heterocycles. The lowest BCUT2D eigenvalue weighted by molar-refractivity contribution is -0.00586. The van der Waals surface area contributed by atoms with E-state index in [1.165, 1.54) is 23.1 Å². The van der Waals surface area contributed by atoms with E-state index >= 15 is 0 Å². The second-order valence-corrected chi connectivity index (χ2v) is 8.26. The summed E-state index contributed by atoms with van der Waals surface area (Å²) in [7, 11) is 0. The molecule has 2 aliphatic carbocycles. The molecular weight excluding hydrogens is 320 g/mol. The summed E-state index contributed by atoms with van der Waals surface area (Å²) in [6.45, 7) is 10.9. The maximum Gasteiger partial charge on any atom is 0.338 e. The van der Waals surface area contributed by atoms with Crippen LogP contribution in [0.3, 0.4) is 0 Å². The van der Waals surface area contributed by atoms with E-state index < -0.39 is 0 Å². The quantitative estimate of drug-likeness (QED) is 0.488.